The maximum atomic E-state index is 12.2. The Labute approximate surface area is 115 Å². The van der Waals surface area contributed by atoms with Crippen molar-refractivity contribution in [2.75, 3.05) is 20.6 Å². The third kappa shape index (κ3) is 3.54. The highest BCUT2D eigenvalue weighted by molar-refractivity contribution is 9.10. The monoisotopic (exact) mass is 334 g/mol. The number of hydrogen-bond donors (Lipinski definition) is 1. The van der Waals surface area contributed by atoms with Crippen LogP contribution in [-0.4, -0.2) is 39.3 Å². The van der Waals surface area contributed by atoms with E-state index in [1.165, 1.54) is 24.5 Å². The van der Waals surface area contributed by atoms with E-state index in [2.05, 4.69) is 21.2 Å². The zero-order chi connectivity index (χ0) is 13.8. The molecule has 0 aliphatic heterocycles. The first-order valence-corrected chi connectivity index (χ1v) is 7.54. The highest BCUT2D eigenvalue weighted by Crippen LogP contribution is 2.23. The number of nitrogens with one attached hydrogen (secondary N) is 1. The van der Waals surface area contributed by atoms with Gasteiger partial charge in [0, 0.05) is 31.5 Å². The Morgan fingerprint density at radius 3 is 2.56 bits per heavy atom. The minimum Gasteiger partial charge on any atom is -0.359 e. The third-order valence-electron chi connectivity index (χ3n) is 2.46. The van der Waals surface area contributed by atoms with E-state index in [-0.39, 0.29) is 23.8 Å². The fourth-order valence-corrected chi connectivity index (χ4v) is 3.46. The number of benzene rings is 1. The van der Waals surface area contributed by atoms with E-state index in [1.54, 1.807) is 18.2 Å². The number of carbonyl (C=O) groups excluding carboxylic acids is 1. The summed E-state index contributed by atoms with van der Waals surface area (Å²) in [5, 5.41) is 2.45. The van der Waals surface area contributed by atoms with Crippen LogP contribution in [0.15, 0.2) is 33.6 Å². The van der Waals surface area contributed by atoms with Crippen LogP contribution in [0.1, 0.15) is 6.42 Å². The van der Waals surface area contributed by atoms with Crippen molar-refractivity contribution in [2.45, 2.75) is 11.3 Å². The predicted molar refractivity (Wildman–Crippen MR) is 72.6 cm³/mol. The van der Waals surface area contributed by atoms with Crippen molar-refractivity contribution >= 4 is 31.9 Å². The topological polar surface area (TPSA) is 66.5 Å². The molecule has 0 spiro atoms. The predicted octanol–water partition coefficient (Wildman–Crippen LogP) is 1.21. The Balaban J connectivity index is 2.87. The minimum atomic E-state index is -3.57. The molecule has 0 atom stereocenters. The van der Waals surface area contributed by atoms with Crippen LogP contribution in [0.4, 0.5) is 0 Å². The van der Waals surface area contributed by atoms with Crippen molar-refractivity contribution < 1.29 is 13.2 Å². The molecule has 1 N–H and O–H groups in total. The molecule has 0 fully saturated rings. The maximum Gasteiger partial charge on any atom is 0.243 e. The second kappa shape index (κ2) is 6.31. The average molecular weight is 335 g/mol. The second-order valence-corrected chi connectivity index (χ2v) is 6.55. The van der Waals surface area contributed by atoms with Gasteiger partial charge in [0.05, 0.1) is 4.90 Å². The number of sulfonamides is 1. The molecule has 5 nitrogen and oxygen atoms in total. The van der Waals surface area contributed by atoms with Gasteiger partial charge >= 0.3 is 0 Å². The lowest BCUT2D eigenvalue weighted by atomic mass is 10.4. The third-order valence-corrected chi connectivity index (χ3v) is 5.33. The van der Waals surface area contributed by atoms with E-state index in [9.17, 15) is 13.2 Å². The van der Waals surface area contributed by atoms with Gasteiger partial charge in [-0.3, -0.25) is 4.79 Å². The van der Waals surface area contributed by atoms with Crippen LogP contribution in [0.25, 0.3) is 0 Å². The number of nitrogens with zero attached hydrogens (tertiary/aromatic N) is 1. The molecule has 1 rings (SSSR count). The Bertz CT molecular complexity index is 531. The standard InChI is InChI=1S/C11H15BrN2O3S/c1-13-11(15)7-8-14(2)18(16,17)10-6-4-3-5-9(10)12/h3-6H,7-8H2,1-2H3,(H,13,15). The van der Waals surface area contributed by atoms with Crippen molar-refractivity contribution in [1.82, 2.24) is 9.62 Å². The first-order chi connectivity index (χ1) is 8.39. The summed E-state index contributed by atoms with van der Waals surface area (Å²) < 4.78 is 26.1. The number of rotatable bonds is 5. The fourth-order valence-electron chi connectivity index (χ4n) is 1.33. The molecule has 18 heavy (non-hydrogen) atoms. The van der Waals surface area contributed by atoms with Crippen LogP contribution < -0.4 is 5.32 Å². The molecular formula is C11H15BrN2O3S. The second-order valence-electron chi connectivity index (χ2n) is 3.68. The van der Waals surface area contributed by atoms with Gasteiger partial charge in [0.15, 0.2) is 0 Å². The molecule has 0 saturated heterocycles. The summed E-state index contributed by atoms with van der Waals surface area (Å²) in [6.07, 6.45) is 0.136. The summed E-state index contributed by atoms with van der Waals surface area (Å²) in [7, 11) is -0.593. The molecule has 0 radical (unpaired) electrons. The lowest BCUT2D eigenvalue weighted by Gasteiger charge is -2.17. The number of hydrogen-bond acceptors (Lipinski definition) is 3. The molecule has 0 aliphatic rings. The SMILES string of the molecule is CNC(=O)CCN(C)S(=O)(=O)c1ccccc1Br. The molecule has 1 amide bonds. The summed E-state index contributed by atoms with van der Waals surface area (Å²) in [6, 6.07) is 6.59. The van der Waals surface area contributed by atoms with E-state index in [0.717, 1.165) is 0 Å². The number of halogens is 1. The Morgan fingerprint density at radius 2 is 2.00 bits per heavy atom. The lowest BCUT2D eigenvalue weighted by Crippen LogP contribution is -2.31. The van der Waals surface area contributed by atoms with Crippen molar-refractivity contribution in [3.8, 4) is 0 Å². The van der Waals surface area contributed by atoms with Crippen LogP contribution in [0.3, 0.4) is 0 Å². The van der Waals surface area contributed by atoms with Crippen LogP contribution in [0, 0.1) is 0 Å². The molecule has 1 aromatic rings. The van der Waals surface area contributed by atoms with Gasteiger partial charge in [0.1, 0.15) is 0 Å². The molecule has 0 heterocycles. The Morgan fingerprint density at radius 1 is 1.39 bits per heavy atom. The van der Waals surface area contributed by atoms with Crippen LogP contribution in [-0.2, 0) is 14.8 Å². The van der Waals surface area contributed by atoms with Gasteiger partial charge in [-0.15, -0.1) is 0 Å². The molecular weight excluding hydrogens is 320 g/mol. The van der Waals surface area contributed by atoms with E-state index in [1.807, 2.05) is 0 Å². The largest absolute Gasteiger partial charge is 0.359 e. The van der Waals surface area contributed by atoms with Gasteiger partial charge < -0.3 is 5.32 Å². The first kappa shape index (κ1) is 15.1. The number of amides is 1. The lowest BCUT2D eigenvalue weighted by molar-refractivity contribution is -0.120. The summed E-state index contributed by atoms with van der Waals surface area (Å²) >= 11 is 3.21. The molecule has 7 heteroatoms. The van der Waals surface area contributed by atoms with Gasteiger partial charge in [0.25, 0.3) is 0 Å². The van der Waals surface area contributed by atoms with Gasteiger partial charge in [-0.2, -0.15) is 0 Å². The van der Waals surface area contributed by atoms with Crippen molar-refractivity contribution in [3.05, 3.63) is 28.7 Å². The van der Waals surface area contributed by atoms with E-state index in [4.69, 9.17) is 0 Å². The highest BCUT2D eigenvalue weighted by Gasteiger charge is 2.23. The quantitative estimate of drug-likeness (QED) is 0.879. The molecule has 0 unspecified atom stereocenters. The van der Waals surface area contributed by atoms with Crippen LogP contribution in [0.2, 0.25) is 0 Å². The summed E-state index contributed by atoms with van der Waals surface area (Å²) in [5.74, 6) is -0.191. The highest BCUT2D eigenvalue weighted by atomic mass is 79.9. The molecule has 0 aliphatic carbocycles. The molecule has 0 bridgehead atoms. The zero-order valence-corrected chi connectivity index (χ0v) is 12.6. The minimum absolute atomic E-state index is 0.136. The van der Waals surface area contributed by atoms with Crippen molar-refractivity contribution in [2.24, 2.45) is 0 Å². The van der Waals surface area contributed by atoms with Gasteiger partial charge in [-0.05, 0) is 28.1 Å². The van der Waals surface area contributed by atoms with Gasteiger partial charge in [0.2, 0.25) is 15.9 Å². The number of carbonyl (C=O) groups is 1. The summed E-state index contributed by atoms with van der Waals surface area (Å²) in [5.41, 5.74) is 0. The van der Waals surface area contributed by atoms with Gasteiger partial charge in [-0.25, -0.2) is 12.7 Å². The van der Waals surface area contributed by atoms with Gasteiger partial charge in [-0.1, -0.05) is 12.1 Å². The Kier molecular flexibility index (Phi) is 5.30. The van der Waals surface area contributed by atoms with Crippen LogP contribution >= 0.6 is 15.9 Å². The smallest absolute Gasteiger partial charge is 0.243 e. The molecule has 1 aromatic carbocycles. The van der Waals surface area contributed by atoms with E-state index in [0.29, 0.717) is 4.47 Å². The van der Waals surface area contributed by atoms with Crippen molar-refractivity contribution in [3.63, 3.8) is 0 Å². The summed E-state index contributed by atoms with van der Waals surface area (Å²) in [4.78, 5) is 11.3. The first-order valence-electron chi connectivity index (χ1n) is 5.31. The zero-order valence-electron chi connectivity index (χ0n) is 10.2. The maximum absolute atomic E-state index is 12.2. The Hall–Kier alpha value is -0.920. The molecule has 0 aromatic heterocycles. The normalized spacial score (nSPS) is 11.6. The van der Waals surface area contributed by atoms with E-state index < -0.39 is 10.0 Å². The van der Waals surface area contributed by atoms with E-state index >= 15 is 0 Å². The molecule has 0 saturated carbocycles. The molecule has 100 valence electrons. The average Bonchev–Trinajstić information content (AvgIpc) is 2.35. The van der Waals surface area contributed by atoms with Crippen LogP contribution in [0.5, 0.6) is 0 Å². The fraction of sp³-hybridized carbons (Fsp3) is 0.364. The van der Waals surface area contributed by atoms with Crippen molar-refractivity contribution in [1.29, 1.82) is 0 Å². The summed E-state index contributed by atoms with van der Waals surface area (Å²) in [6.45, 7) is 0.142.